The van der Waals surface area contributed by atoms with Crippen molar-refractivity contribution in [2.45, 2.75) is 31.2 Å². The third-order valence-electron chi connectivity index (χ3n) is 7.59. The second-order valence-corrected chi connectivity index (χ2v) is 10.1. The molecule has 1 aliphatic heterocycles. The molecule has 3 nitrogen and oxygen atoms in total. The van der Waals surface area contributed by atoms with Crippen LogP contribution in [0, 0.1) is 5.92 Å². The van der Waals surface area contributed by atoms with Crippen molar-refractivity contribution in [1.29, 1.82) is 0 Å². The Balaban J connectivity index is 1.18. The van der Waals surface area contributed by atoms with Crippen molar-refractivity contribution in [3.05, 3.63) is 144 Å². The van der Waals surface area contributed by atoms with Gasteiger partial charge in [0.15, 0.2) is 0 Å². The molecule has 0 aromatic heterocycles. The standard InChI is InChI=1S/C34H36N2O/c37-33(25-32(28-13-5-1-6-14-28)29-15-7-2-8-16-29)36-24-22-27(26-36)21-23-35-34(30-17-9-3-10-18-30)31-19-11-4-12-20-31/h1-20,27,32,34-35H,21-26H2. The average Bonchev–Trinajstić information content (AvgIpc) is 3.45. The van der Waals surface area contributed by atoms with E-state index < -0.39 is 0 Å². The third kappa shape index (κ3) is 6.55. The molecule has 0 bridgehead atoms. The van der Waals surface area contributed by atoms with Gasteiger partial charge >= 0.3 is 0 Å². The van der Waals surface area contributed by atoms with E-state index in [0.29, 0.717) is 12.3 Å². The smallest absolute Gasteiger partial charge is 0.223 e. The minimum Gasteiger partial charge on any atom is -0.342 e. The van der Waals surface area contributed by atoms with Crippen molar-refractivity contribution in [3.63, 3.8) is 0 Å². The molecule has 1 amide bonds. The van der Waals surface area contributed by atoms with Gasteiger partial charge in [0.1, 0.15) is 0 Å². The highest BCUT2D eigenvalue weighted by atomic mass is 16.2. The zero-order chi connectivity index (χ0) is 25.3. The van der Waals surface area contributed by atoms with Crippen LogP contribution in [0.3, 0.4) is 0 Å². The summed E-state index contributed by atoms with van der Waals surface area (Å²) in [6.45, 7) is 2.65. The molecule has 3 heteroatoms. The first-order valence-electron chi connectivity index (χ1n) is 13.5. The largest absolute Gasteiger partial charge is 0.342 e. The van der Waals surface area contributed by atoms with E-state index in [4.69, 9.17) is 0 Å². The molecular formula is C34H36N2O. The first-order chi connectivity index (χ1) is 18.3. The molecular weight excluding hydrogens is 452 g/mol. The summed E-state index contributed by atoms with van der Waals surface area (Å²) in [5, 5.41) is 3.80. The topological polar surface area (TPSA) is 32.3 Å². The lowest BCUT2D eigenvalue weighted by Crippen LogP contribution is -2.31. The Hall–Kier alpha value is -3.69. The Morgan fingerprint density at radius 3 is 1.65 bits per heavy atom. The number of rotatable bonds is 10. The highest BCUT2D eigenvalue weighted by Gasteiger charge is 2.28. The number of hydrogen-bond acceptors (Lipinski definition) is 2. The number of benzene rings is 4. The van der Waals surface area contributed by atoms with Crippen molar-refractivity contribution in [2.24, 2.45) is 5.92 Å². The minimum absolute atomic E-state index is 0.0909. The number of carbonyl (C=O) groups excluding carboxylic acids is 1. The van der Waals surface area contributed by atoms with Gasteiger partial charge in [-0.1, -0.05) is 121 Å². The molecule has 1 aliphatic rings. The van der Waals surface area contributed by atoms with Gasteiger partial charge in [0.05, 0.1) is 6.04 Å². The third-order valence-corrected chi connectivity index (χ3v) is 7.59. The second kappa shape index (κ2) is 12.5. The van der Waals surface area contributed by atoms with E-state index in [1.807, 2.05) is 12.1 Å². The first kappa shape index (κ1) is 25.0. The zero-order valence-electron chi connectivity index (χ0n) is 21.4. The second-order valence-electron chi connectivity index (χ2n) is 10.1. The SMILES string of the molecule is O=C(CC(c1ccccc1)c1ccccc1)N1CCC(CCNC(c2ccccc2)c2ccccc2)C1. The fourth-order valence-corrected chi connectivity index (χ4v) is 5.55. The van der Waals surface area contributed by atoms with E-state index in [-0.39, 0.29) is 17.9 Å². The van der Waals surface area contributed by atoms with E-state index in [1.165, 1.54) is 22.3 Å². The Morgan fingerprint density at radius 2 is 1.16 bits per heavy atom. The van der Waals surface area contributed by atoms with E-state index in [2.05, 4.69) is 119 Å². The molecule has 1 unspecified atom stereocenters. The highest BCUT2D eigenvalue weighted by Crippen LogP contribution is 2.30. The van der Waals surface area contributed by atoms with Crippen LogP contribution in [-0.2, 0) is 4.79 Å². The van der Waals surface area contributed by atoms with Crippen LogP contribution in [0.4, 0.5) is 0 Å². The van der Waals surface area contributed by atoms with Gasteiger partial charge < -0.3 is 10.2 Å². The fraction of sp³-hybridized carbons (Fsp3) is 0.265. The van der Waals surface area contributed by atoms with E-state index in [9.17, 15) is 4.79 Å². The summed E-state index contributed by atoms with van der Waals surface area (Å²) in [5.41, 5.74) is 4.97. The molecule has 1 heterocycles. The molecule has 0 aliphatic carbocycles. The fourth-order valence-electron chi connectivity index (χ4n) is 5.55. The molecule has 37 heavy (non-hydrogen) atoms. The maximum absolute atomic E-state index is 13.4. The van der Waals surface area contributed by atoms with Crippen LogP contribution in [0.25, 0.3) is 0 Å². The van der Waals surface area contributed by atoms with Gasteiger partial charge in [-0.05, 0) is 47.6 Å². The van der Waals surface area contributed by atoms with E-state index >= 15 is 0 Å². The van der Waals surface area contributed by atoms with E-state index in [1.54, 1.807) is 0 Å². The summed E-state index contributed by atoms with van der Waals surface area (Å²) in [6, 6.07) is 42.4. The number of amides is 1. The maximum atomic E-state index is 13.4. The maximum Gasteiger partial charge on any atom is 0.223 e. The van der Waals surface area contributed by atoms with Crippen LogP contribution >= 0.6 is 0 Å². The van der Waals surface area contributed by atoms with Crippen molar-refractivity contribution >= 4 is 5.91 Å². The van der Waals surface area contributed by atoms with Gasteiger partial charge in [0.25, 0.3) is 0 Å². The normalized spacial score (nSPS) is 15.4. The first-order valence-corrected chi connectivity index (χ1v) is 13.5. The number of carbonyl (C=O) groups is 1. The van der Waals surface area contributed by atoms with E-state index in [0.717, 1.165) is 32.5 Å². The summed E-state index contributed by atoms with van der Waals surface area (Å²) in [7, 11) is 0. The molecule has 0 spiro atoms. The molecule has 5 rings (SSSR count). The van der Waals surface area contributed by atoms with Crippen LogP contribution in [0.1, 0.15) is 53.5 Å². The molecule has 4 aromatic carbocycles. The number of likely N-dealkylation sites (tertiary alicyclic amines) is 1. The molecule has 4 aromatic rings. The van der Waals surface area contributed by atoms with Crippen LogP contribution in [0.2, 0.25) is 0 Å². The van der Waals surface area contributed by atoms with Gasteiger partial charge in [-0.3, -0.25) is 4.79 Å². The lowest BCUT2D eigenvalue weighted by Gasteiger charge is -2.23. The van der Waals surface area contributed by atoms with Crippen molar-refractivity contribution < 1.29 is 4.79 Å². The predicted octanol–water partition coefficient (Wildman–Crippen LogP) is 6.83. The molecule has 0 radical (unpaired) electrons. The summed E-state index contributed by atoms with van der Waals surface area (Å²) in [4.78, 5) is 15.5. The Kier molecular flexibility index (Phi) is 8.45. The lowest BCUT2D eigenvalue weighted by atomic mass is 9.88. The summed E-state index contributed by atoms with van der Waals surface area (Å²) in [5.74, 6) is 0.892. The number of nitrogens with one attached hydrogen (secondary N) is 1. The molecule has 1 fully saturated rings. The summed E-state index contributed by atoms with van der Waals surface area (Å²) < 4.78 is 0. The minimum atomic E-state index is 0.0909. The molecule has 1 atom stereocenters. The van der Waals surface area contributed by atoms with Gasteiger partial charge in [0, 0.05) is 25.4 Å². The van der Waals surface area contributed by atoms with Crippen molar-refractivity contribution in [2.75, 3.05) is 19.6 Å². The van der Waals surface area contributed by atoms with Crippen molar-refractivity contribution in [3.8, 4) is 0 Å². The molecule has 0 saturated carbocycles. The van der Waals surface area contributed by atoms with Crippen LogP contribution in [0.5, 0.6) is 0 Å². The lowest BCUT2D eigenvalue weighted by molar-refractivity contribution is -0.130. The van der Waals surface area contributed by atoms with Crippen molar-refractivity contribution in [1.82, 2.24) is 10.2 Å². The average molecular weight is 489 g/mol. The Morgan fingerprint density at radius 1 is 0.703 bits per heavy atom. The monoisotopic (exact) mass is 488 g/mol. The molecule has 1 N–H and O–H groups in total. The molecule has 188 valence electrons. The summed E-state index contributed by atoms with van der Waals surface area (Å²) in [6.07, 6.45) is 2.67. The van der Waals surface area contributed by atoms with Crippen LogP contribution in [-0.4, -0.2) is 30.4 Å². The van der Waals surface area contributed by atoms with Gasteiger partial charge in [-0.2, -0.15) is 0 Å². The number of hydrogen-bond donors (Lipinski definition) is 1. The Labute approximate surface area is 221 Å². The zero-order valence-corrected chi connectivity index (χ0v) is 21.4. The molecule has 1 saturated heterocycles. The Bertz CT molecular complexity index is 1150. The van der Waals surface area contributed by atoms with Gasteiger partial charge in [0.2, 0.25) is 5.91 Å². The highest BCUT2D eigenvalue weighted by molar-refractivity contribution is 5.78. The van der Waals surface area contributed by atoms with Crippen LogP contribution < -0.4 is 5.32 Å². The van der Waals surface area contributed by atoms with Crippen LogP contribution in [0.15, 0.2) is 121 Å². The predicted molar refractivity (Wildman–Crippen MR) is 151 cm³/mol. The van der Waals surface area contributed by atoms with Gasteiger partial charge in [-0.25, -0.2) is 0 Å². The quantitative estimate of drug-likeness (QED) is 0.265. The summed E-state index contributed by atoms with van der Waals surface area (Å²) >= 11 is 0. The number of nitrogens with zero attached hydrogens (tertiary/aromatic N) is 1. The van der Waals surface area contributed by atoms with Gasteiger partial charge in [-0.15, -0.1) is 0 Å².